The lowest BCUT2D eigenvalue weighted by Crippen LogP contribution is -2.52. The minimum atomic E-state index is -1.08. The van der Waals surface area contributed by atoms with E-state index in [0.29, 0.717) is 0 Å². The van der Waals surface area contributed by atoms with Crippen LogP contribution in [-0.2, 0) is 30.3 Å². The number of ketones is 1. The fourth-order valence-corrected chi connectivity index (χ4v) is 2.35. The predicted molar refractivity (Wildman–Crippen MR) is 91.6 cm³/mol. The molecule has 2 amide bonds. The third-order valence-electron chi connectivity index (χ3n) is 3.66. The summed E-state index contributed by atoms with van der Waals surface area (Å²) in [6, 6.07) is 3.78. The van der Waals surface area contributed by atoms with E-state index in [0.717, 1.165) is 0 Å². The lowest BCUT2D eigenvalue weighted by atomic mass is 10.0. The third-order valence-corrected chi connectivity index (χ3v) is 3.66. The summed E-state index contributed by atoms with van der Waals surface area (Å²) in [4.78, 5) is 46.9. The van der Waals surface area contributed by atoms with Gasteiger partial charge >= 0.3 is 5.97 Å². The van der Waals surface area contributed by atoms with E-state index in [9.17, 15) is 23.6 Å². The molecule has 0 unspecified atom stereocenters. The summed E-state index contributed by atoms with van der Waals surface area (Å²) < 4.78 is 18.5. The van der Waals surface area contributed by atoms with E-state index in [-0.39, 0.29) is 30.6 Å². The van der Waals surface area contributed by atoms with Gasteiger partial charge in [0, 0.05) is 19.8 Å². The maximum Gasteiger partial charge on any atom is 0.328 e. The van der Waals surface area contributed by atoms with Crippen LogP contribution in [0.3, 0.4) is 0 Å². The van der Waals surface area contributed by atoms with Crippen molar-refractivity contribution in [3.63, 3.8) is 0 Å². The average Bonchev–Trinajstić information content (AvgIpc) is 2.58. The molecule has 0 heterocycles. The first kappa shape index (κ1) is 21.3. The van der Waals surface area contributed by atoms with Crippen LogP contribution in [-0.4, -0.2) is 42.8 Å². The molecule has 7 nitrogen and oxygen atoms in total. The largest absolute Gasteiger partial charge is 0.467 e. The van der Waals surface area contributed by atoms with Crippen LogP contribution in [0.25, 0.3) is 0 Å². The zero-order valence-electron chi connectivity index (χ0n) is 15.0. The highest BCUT2D eigenvalue weighted by Crippen LogP contribution is 2.10. The molecule has 0 bridgehead atoms. The van der Waals surface area contributed by atoms with Gasteiger partial charge < -0.3 is 20.2 Å². The second kappa shape index (κ2) is 10.3. The lowest BCUT2D eigenvalue weighted by Gasteiger charge is -2.22. The highest BCUT2D eigenvalue weighted by molar-refractivity contribution is 5.90. The quantitative estimate of drug-likeness (QED) is 0.633. The summed E-state index contributed by atoms with van der Waals surface area (Å²) in [6.07, 6.45) is 0.0666. The maximum atomic E-state index is 13.8. The van der Waals surface area contributed by atoms with Crippen molar-refractivity contribution in [3.05, 3.63) is 35.6 Å². The molecule has 0 radical (unpaired) electrons. The molecule has 0 aliphatic heterocycles. The summed E-state index contributed by atoms with van der Waals surface area (Å²) in [7, 11) is 1.17. The number of carbonyl (C=O) groups excluding carboxylic acids is 4. The summed E-state index contributed by atoms with van der Waals surface area (Å²) in [5.74, 6) is -2.48. The predicted octanol–water partition coefficient (Wildman–Crippen LogP) is 0.900. The van der Waals surface area contributed by atoms with E-state index in [1.54, 1.807) is 6.07 Å². The molecule has 0 saturated carbocycles. The topological polar surface area (TPSA) is 102 Å². The Morgan fingerprint density at radius 2 is 1.73 bits per heavy atom. The number of Topliss-reactive ketones (excluding diaryl/α,β-unsaturated/α-hetero) is 1. The Labute approximate surface area is 151 Å². The SMILES string of the molecule is COC(=O)[C@H](CCC(C)=O)NC(=O)[C@@H](Cc1ccccc1F)NC(C)=O. The molecule has 0 saturated heterocycles. The van der Waals surface area contributed by atoms with Crippen LogP contribution in [0.5, 0.6) is 0 Å². The van der Waals surface area contributed by atoms with E-state index < -0.39 is 35.7 Å². The first-order valence-electron chi connectivity index (χ1n) is 8.12. The Kier molecular flexibility index (Phi) is 8.41. The van der Waals surface area contributed by atoms with Gasteiger partial charge in [0.25, 0.3) is 0 Å². The van der Waals surface area contributed by atoms with Gasteiger partial charge in [-0.2, -0.15) is 0 Å². The van der Waals surface area contributed by atoms with E-state index in [2.05, 4.69) is 15.4 Å². The molecule has 1 aromatic carbocycles. The molecule has 0 aromatic heterocycles. The number of nitrogens with one attached hydrogen (secondary N) is 2. The number of halogens is 1. The van der Waals surface area contributed by atoms with Gasteiger partial charge in [0.2, 0.25) is 11.8 Å². The van der Waals surface area contributed by atoms with Crippen molar-refractivity contribution in [3.8, 4) is 0 Å². The zero-order valence-corrected chi connectivity index (χ0v) is 15.0. The molecule has 8 heteroatoms. The fraction of sp³-hybridized carbons (Fsp3) is 0.444. The molecular formula is C18H23FN2O5. The van der Waals surface area contributed by atoms with Crippen molar-refractivity contribution in [2.75, 3.05) is 7.11 Å². The number of methoxy groups -OCH3 is 1. The summed E-state index contributed by atoms with van der Waals surface area (Å²) in [6.45, 7) is 2.60. The van der Waals surface area contributed by atoms with E-state index in [1.165, 1.54) is 39.2 Å². The number of esters is 1. The molecule has 0 spiro atoms. The van der Waals surface area contributed by atoms with Crippen LogP contribution in [0.4, 0.5) is 4.39 Å². The first-order valence-corrected chi connectivity index (χ1v) is 8.12. The first-order chi connectivity index (χ1) is 12.2. The van der Waals surface area contributed by atoms with Crippen molar-refractivity contribution in [1.29, 1.82) is 0 Å². The maximum absolute atomic E-state index is 13.8. The van der Waals surface area contributed by atoms with Gasteiger partial charge in [-0.05, 0) is 25.0 Å². The number of carbonyl (C=O) groups is 4. The van der Waals surface area contributed by atoms with Gasteiger partial charge in [-0.1, -0.05) is 18.2 Å². The van der Waals surface area contributed by atoms with Gasteiger partial charge in [0.05, 0.1) is 7.11 Å². The van der Waals surface area contributed by atoms with Gasteiger partial charge in [-0.15, -0.1) is 0 Å². The summed E-state index contributed by atoms with van der Waals surface area (Å²) >= 11 is 0. The van der Waals surface area contributed by atoms with Crippen molar-refractivity contribution < 1.29 is 28.3 Å². The van der Waals surface area contributed by atoms with Gasteiger partial charge in [0.1, 0.15) is 23.7 Å². The molecular weight excluding hydrogens is 343 g/mol. The van der Waals surface area contributed by atoms with Gasteiger partial charge in [-0.3, -0.25) is 9.59 Å². The molecule has 0 aliphatic carbocycles. The normalized spacial score (nSPS) is 12.6. The van der Waals surface area contributed by atoms with E-state index in [1.807, 2.05) is 0 Å². The number of amides is 2. The fourth-order valence-electron chi connectivity index (χ4n) is 2.35. The number of hydrogen-bond donors (Lipinski definition) is 2. The van der Waals surface area contributed by atoms with Gasteiger partial charge in [-0.25, -0.2) is 9.18 Å². The van der Waals surface area contributed by atoms with Crippen molar-refractivity contribution >= 4 is 23.6 Å². The highest BCUT2D eigenvalue weighted by atomic mass is 19.1. The summed E-state index contributed by atoms with van der Waals surface area (Å²) in [5.41, 5.74) is 0.250. The summed E-state index contributed by atoms with van der Waals surface area (Å²) in [5, 5.41) is 4.91. The molecule has 26 heavy (non-hydrogen) atoms. The molecule has 2 atom stereocenters. The molecule has 1 rings (SSSR count). The Hall–Kier alpha value is -2.77. The Morgan fingerprint density at radius 1 is 1.08 bits per heavy atom. The standard InChI is InChI=1S/C18H23FN2O5/c1-11(22)8-9-15(18(25)26-3)21-17(24)16(20-12(2)23)10-13-6-4-5-7-14(13)19/h4-7,15-16H,8-10H2,1-3H3,(H,20,23)(H,21,24)/t15-,16+/m0/s1. The highest BCUT2D eigenvalue weighted by Gasteiger charge is 2.27. The number of rotatable bonds is 9. The third kappa shape index (κ3) is 7.00. The van der Waals surface area contributed by atoms with Crippen LogP contribution in [0.1, 0.15) is 32.3 Å². The minimum absolute atomic E-state index is 0.0697. The Morgan fingerprint density at radius 3 is 2.27 bits per heavy atom. The smallest absolute Gasteiger partial charge is 0.328 e. The molecule has 2 N–H and O–H groups in total. The van der Waals surface area contributed by atoms with Crippen molar-refractivity contribution in [2.45, 2.75) is 45.2 Å². The second-order valence-electron chi connectivity index (χ2n) is 5.87. The second-order valence-corrected chi connectivity index (χ2v) is 5.87. The van der Waals surface area contributed by atoms with Crippen LogP contribution in [0.2, 0.25) is 0 Å². The number of hydrogen-bond acceptors (Lipinski definition) is 5. The zero-order chi connectivity index (χ0) is 19.7. The van der Waals surface area contributed by atoms with Crippen LogP contribution >= 0.6 is 0 Å². The monoisotopic (exact) mass is 366 g/mol. The number of ether oxygens (including phenoxy) is 1. The van der Waals surface area contributed by atoms with Crippen LogP contribution < -0.4 is 10.6 Å². The van der Waals surface area contributed by atoms with Crippen LogP contribution in [0.15, 0.2) is 24.3 Å². The molecule has 142 valence electrons. The molecule has 0 aliphatic rings. The lowest BCUT2D eigenvalue weighted by molar-refractivity contribution is -0.145. The minimum Gasteiger partial charge on any atom is -0.467 e. The van der Waals surface area contributed by atoms with Gasteiger partial charge in [0.15, 0.2) is 0 Å². The Bertz CT molecular complexity index is 677. The van der Waals surface area contributed by atoms with E-state index in [4.69, 9.17) is 0 Å². The van der Waals surface area contributed by atoms with Crippen molar-refractivity contribution in [1.82, 2.24) is 10.6 Å². The van der Waals surface area contributed by atoms with E-state index >= 15 is 0 Å². The molecule has 1 aromatic rings. The Balaban J connectivity index is 2.91. The van der Waals surface area contributed by atoms with Crippen molar-refractivity contribution in [2.24, 2.45) is 0 Å². The number of benzene rings is 1. The molecule has 0 fully saturated rings. The van der Waals surface area contributed by atoms with Crippen LogP contribution in [0, 0.1) is 5.82 Å². The average molecular weight is 366 g/mol.